The molecule has 4 nitrogen and oxygen atoms in total. The summed E-state index contributed by atoms with van der Waals surface area (Å²) in [5.74, 6) is 0.520. The molecule has 1 atom stereocenters. The molecule has 25 heavy (non-hydrogen) atoms. The molecule has 134 valence electrons. The van der Waals surface area contributed by atoms with Gasteiger partial charge in [0.05, 0.1) is 12.6 Å². The predicted molar refractivity (Wildman–Crippen MR) is 97.4 cm³/mol. The molecule has 0 aliphatic rings. The number of carbonyl (C=O) groups excluding carboxylic acids is 1. The van der Waals surface area contributed by atoms with Crippen molar-refractivity contribution in [1.29, 1.82) is 0 Å². The number of hydrogen-bond acceptors (Lipinski definition) is 2. The molecule has 2 N–H and O–H groups in total. The maximum absolute atomic E-state index is 13.6. The first-order valence-electron chi connectivity index (χ1n) is 8.52. The summed E-state index contributed by atoms with van der Waals surface area (Å²) in [6, 6.07) is 12.0. The summed E-state index contributed by atoms with van der Waals surface area (Å²) in [6.45, 7) is 6.77. The number of halogens is 1. The molecule has 2 aromatic rings. The number of ether oxygens (including phenoxy) is 1. The van der Waals surface area contributed by atoms with E-state index in [1.807, 2.05) is 39.0 Å². The number of hydrogen-bond donors (Lipinski definition) is 2. The third-order valence-electron chi connectivity index (χ3n) is 3.92. The van der Waals surface area contributed by atoms with Gasteiger partial charge in [0.25, 0.3) is 0 Å². The Bertz CT molecular complexity index is 719. The van der Waals surface area contributed by atoms with E-state index in [4.69, 9.17) is 4.74 Å². The van der Waals surface area contributed by atoms with Crippen LogP contribution in [-0.4, -0.2) is 19.2 Å². The minimum atomic E-state index is -0.284. The van der Waals surface area contributed by atoms with Crippen LogP contribution in [0, 0.1) is 12.7 Å². The summed E-state index contributed by atoms with van der Waals surface area (Å²) < 4.78 is 19.2. The Hall–Kier alpha value is -2.56. The Balaban J connectivity index is 1.90. The SMILES string of the molecule is CCOc1ccc(C)cc1C(C)NC(=O)NCCc1ccccc1F. The van der Waals surface area contributed by atoms with Crippen molar-refractivity contribution in [2.75, 3.05) is 13.2 Å². The van der Waals surface area contributed by atoms with Gasteiger partial charge in [-0.05, 0) is 44.9 Å². The topological polar surface area (TPSA) is 50.4 Å². The molecule has 2 rings (SSSR count). The minimum absolute atomic E-state index is 0.199. The predicted octanol–water partition coefficient (Wildman–Crippen LogP) is 4.14. The van der Waals surface area contributed by atoms with Crippen molar-refractivity contribution in [3.63, 3.8) is 0 Å². The van der Waals surface area contributed by atoms with E-state index in [2.05, 4.69) is 10.6 Å². The molecule has 2 aromatic carbocycles. The summed E-state index contributed by atoms with van der Waals surface area (Å²) in [6.07, 6.45) is 0.448. The number of benzene rings is 2. The monoisotopic (exact) mass is 344 g/mol. The van der Waals surface area contributed by atoms with Crippen molar-refractivity contribution < 1.29 is 13.9 Å². The number of rotatable bonds is 7. The van der Waals surface area contributed by atoms with Crippen LogP contribution < -0.4 is 15.4 Å². The Kier molecular flexibility index (Phi) is 6.81. The average molecular weight is 344 g/mol. The first-order chi connectivity index (χ1) is 12.0. The van der Waals surface area contributed by atoms with Crippen LogP contribution in [0.3, 0.4) is 0 Å². The Morgan fingerprint density at radius 3 is 2.72 bits per heavy atom. The molecule has 0 bridgehead atoms. The minimum Gasteiger partial charge on any atom is -0.494 e. The second kappa shape index (κ2) is 9.06. The second-order valence-electron chi connectivity index (χ2n) is 5.94. The highest BCUT2D eigenvalue weighted by atomic mass is 19.1. The molecule has 5 heteroatoms. The molecular weight excluding hydrogens is 319 g/mol. The summed E-state index contributed by atoms with van der Waals surface area (Å²) in [4.78, 5) is 12.1. The average Bonchev–Trinajstić information content (AvgIpc) is 2.58. The van der Waals surface area contributed by atoms with Gasteiger partial charge >= 0.3 is 6.03 Å². The van der Waals surface area contributed by atoms with Crippen molar-refractivity contribution in [3.05, 3.63) is 65.0 Å². The van der Waals surface area contributed by atoms with E-state index in [-0.39, 0.29) is 17.9 Å². The highest BCUT2D eigenvalue weighted by Crippen LogP contribution is 2.26. The maximum atomic E-state index is 13.6. The molecule has 0 radical (unpaired) electrons. The Morgan fingerprint density at radius 2 is 2.00 bits per heavy atom. The first-order valence-corrected chi connectivity index (χ1v) is 8.52. The molecular formula is C20H25FN2O2. The van der Waals surface area contributed by atoms with Gasteiger partial charge in [-0.3, -0.25) is 0 Å². The molecule has 1 unspecified atom stereocenters. The van der Waals surface area contributed by atoms with Crippen molar-refractivity contribution in [3.8, 4) is 5.75 Å². The maximum Gasteiger partial charge on any atom is 0.315 e. The zero-order valence-electron chi connectivity index (χ0n) is 14.9. The number of amides is 2. The van der Waals surface area contributed by atoms with E-state index in [1.165, 1.54) is 6.07 Å². The van der Waals surface area contributed by atoms with Crippen LogP contribution in [0.15, 0.2) is 42.5 Å². The molecule has 2 amide bonds. The number of aryl methyl sites for hydroxylation is 1. The van der Waals surface area contributed by atoms with E-state index in [0.29, 0.717) is 25.1 Å². The van der Waals surface area contributed by atoms with Gasteiger partial charge in [-0.15, -0.1) is 0 Å². The fraction of sp³-hybridized carbons (Fsp3) is 0.350. The molecule has 0 aromatic heterocycles. The Labute approximate surface area is 148 Å². The number of carbonyl (C=O) groups is 1. The fourth-order valence-corrected chi connectivity index (χ4v) is 2.63. The smallest absolute Gasteiger partial charge is 0.315 e. The summed E-state index contributed by atoms with van der Waals surface area (Å²) in [5, 5.41) is 5.67. The lowest BCUT2D eigenvalue weighted by Gasteiger charge is -2.19. The lowest BCUT2D eigenvalue weighted by atomic mass is 10.0. The van der Waals surface area contributed by atoms with Crippen molar-refractivity contribution in [1.82, 2.24) is 10.6 Å². The third-order valence-corrected chi connectivity index (χ3v) is 3.92. The zero-order valence-corrected chi connectivity index (χ0v) is 14.9. The van der Waals surface area contributed by atoms with Crippen LogP contribution in [-0.2, 0) is 6.42 Å². The van der Waals surface area contributed by atoms with E-state index < -0.39 is 0 Å². The lowest BCUT2D eigenvalue weighted by molar-refractivity contribution is 0.237. The largest absolute Gasteiger partial charge is 0.494 e. The van der Waals surface area contributed by atoms with Crippen LogP contribution in [0.1, 0.15) is 36.6 Å². The molecule has 0 aliphatic heterocycles. The number of nitrogens with one attached hydrogen (secondary N) is 2. The van der Waals surface area contributed by atoms with Gasteiger partial charge in [-0.2, -0.15) is 0 Å². The summed E-state index contributed by atoms with van der Waals surface area (Å²) in [5.41, 5.74) is 2.63. The van der Waals surface area contributed by atoms with E-state index >= 15 is 0 Å². The molecule has 0 saturated heterocycles. The normalized spacial score (nSPS) is 11.7. The zero-order chi connectivity index (χ0) is 18.2. The number of urea groups is 1. The van der Waals surface area contributed by atoms with Crippen molar-refractivity contribution >= 4 is 6.03 Å². The van der Waals surface area contributed by atoms with E-state index in [0.717, 1.165) is 16.9 Å². The quantitative estimate of drug-likeness (QED) is 0.793. The van der Waals surface area contributed by atoms with Gasteiger partial charge < -0.3 is 15.4 Å². The standard InChI is InChI=1S/C20H25FN2O2/c1-4-25-19-10-9-14(2)13-17(19)15(3)23-20(24)22-12-11-16-7-5-6-8-18(16)21/h5-10,13,15H,4,11-12H2,1-3H3,(H2,22,23,24). The molecule has 0 heterocycles. The summed E-state index contributed by atoms with van der Waals surface area (Å²) >= 11 is 0. The fourth-order valence-electron chi connectivity index (χ4n) is 2.63. The van der Waals surface area contributed by atoms with Crippen LogP contribution in [0.25, 0.3) is 0 Å². The highest BCUT2D eigenvalue weighted by molar-refractivity contribution is 5.74. The molecule has 0 saturated carbocycles. The first kappa shape index (κ1) is 18.8. The lowest BCUT2D eigenvalue weighted by Crippen LogP contribution is -2.38. The van der Waals surface area contributed by atoms with Crippen molar-refractivity contribution in [2.45, 2.75) is 33.2 Å². The molecule has 0 aliphatic carbocycles. The van der Waals surface area contributed by atoms with E-state index in [9.17, 15) is 9.18 Å². The molecule has 0 spiro atoms. The van der Waals surface area contributed by atoms with Crippen LogP contribution >= 0.6 is 0 Å². The Morgan fingerprint density at radius 1 is 1.24 bits per heavy atom. The van der Waals surface area contributed by atoms with Gasteiger partial charge in [0.2, 0.25) is 0 Å². The van der Waals surface area contributed by atoms with Crippen LogP contribution in [0.2, 0.25) is 0 Å². The third kappa shape index (κ3) is 5.48. The van der Waals surface area contributed by atoms with Crippen LogP contribution in [0.4, 0.5) is 9.18 Å². The van der Waals surface area contributed by atoms with Gasteiger partial charge in [0, 0.05) is 12.1 Å². The van der Waals surface area contributed by atoms with Gasteiger partial charge in [-0.25, -0.2) is 9.18 Å². The van der Waals surface area contributed by atoms with Crippen LogP contribution in [0.5, 0.6) is 5.75 Å². The van der Waals surface area contributed by atoms with Gasteiger partial charge in [0.15, 0.2) is 0 Å². The highest BCUT2D eigenvalue weighted by Gasteiger charge is 2.14. The second-order valence-corrected chi connectivity index (χ2v) is 5.94. The molecule has 0 fully saturated rings. The van der Waals surface area contributed by atoms with E-state index in [1.54, 1.807) is 18.2 Å². The van der Waals surface area contributed by atoms with Gasteiger partial charge in [-0.1, -0.05) is 35.9 Å². The summed E-state index contributed by atoms with van der Waals surface area (Å²) in [7, 11) is 0. The van der Waals surface area contributed by atoms with Crippen molar-refractivity contribution in [2.24, 2.45) is 0 Å². The van der Waals surface area contributed by atoms with Gasteiger partial charge in [0.1, 0.15) is 11.6 Å².